The second-order valence-corrected chi connectivity index (χ2v) is 10.1. The number of hydrogen-bond donors (Lipinski definition) is 4. The number of carbonyl (C=O) groups excluding carboxylic acids is 1. The molecule has 1 unspecified atom stereocenters. The van der Waals surface area contributed by atoms with Crippen LogP contribution in [0.2, 0.25) is 0 Å². The van der Waals surface area contributed by atoms with Gasteiger partial charge < -0.3 is 25.9 Å². The molecule has 0 saturated carbocycles. The minimum absolute atomic E-state index is 0.0399. The Morgan fingerprint density at radius 1 is 1.11 bits per heavy atom. The van der Waals surface area contributed by atoms with Crippen molar-refractivity contribution in [1.82, 2.24) is 9.62 Å². The monoisotopic (exact) mass is 517 g/mol. The number of nitrogens with two attached hydrogens (primary N) is 2. The predicted molar refractivity (Wildman–Crippen MR) is 137 cm³/mol. The van der Waals surface area contributed by atoms with Crippen LogP contribution in [0.15, 0.2) is 56.8 Å². The van der Waals surface area contributed by atoms with E-state index in [1.165, 1.54) is 12.1 Å². The van der Waals surface area contributed by atoms with Crippen LogP contribution in [0.25, 0.3) is 21.9 Å². The van der Waals surface area contributed by atoms with E-state index in [4.69, 9.17) is 15.9 Å². The van der Waals surface area contributed by atoms with Gasteiger partial charge in [-0.05, 0) is 43.5 Å². The maximum atomic E-state index is 13.4. The number of fused-ring (bicyclic) bond motifs is 3. The topological polar surface area (TPSA) is 181 Å². The lowest BCUT2D eigenvalue weighted by molar-refractivity contribution is -0.145. The Balaban J connectivity index is 1.91. The average molecular weight is 518 g/mol. The third-order valence-electron chi connectivity index (χ3n) is 5.62. The van der Waals surface area contributed by atoms with Gasteiger partial charge in [-0.15, -0.1) is 0 Å². The van der Waals surface area contributed by atoms with Gasteiger partial charge in [-0.1, -0.05) is 31.5 Å². The highest BCUT2D eigenvalue weighted by molar-refractivity contribution is 7.89. The first-order chi connectivity index (χ1) is 17.1. The molecule has 1 heterocycles. The van der Waals surface area contributed by atoms with Crippen molar-refractivity contribution < 1.29 is 27.5 Å². The summed E-state index contributed by atoms with van der Waals surface area (Å²) in [7, 11) is -4.15. The summed E-state index contributed by atoms with van der Waals surface area (Å²) in [5.41, 5.74) is 11.9. The van der Waals surface area contributed by atoms with Crippen molar-refractivity contribution in [1.29, 1.82) is 0 Å². The van der Waals surface area contributed by atoms with Crippen LogP contribution in [-0.4, -0.2) is 61.9 Å². The highest BCUT2D eigenvalue weighted by Gasteiger charge is 2.30. The molecular formula is C24H31N5O6S. The summed E-state index contributed by atoms with van der Waals surface area (Å²) in [5, 5.41) is 10.7. The number of sulfonamides is 1. The van der Waals surface area contributed by atoms with Crippen LogP contribution in [0.1, 0.15) is 32.6 Å². The number of aliphatic imine (C=N–C) groups is 1. The number of nitrogens with one attached hydrogen (secondary N) is 1. The molecule has 194 valence electrons. The standard InChI is InChI=1S/C24H31N5O6S/c1-2-3-13-29(15-22(30)31)23(32)19(8-6-12-27-24(25)26)28-36(33,34)16-10-11-21-18(14-16)17-7-4-5-9-20(17)35-21/h4-5,7,9-11,14,19,28H,2-3,6,8,12-13,15H2,1H3,(H,30,31)(H4,25,26,27). The highest BCUT2D eigenvalue weighted by Crippen LogP contribution is 2.30. The summed E-state index contributed by atoms with van der Waals surface area (Å²) < 4.78 is 34.9. The number of carboxylic acid groups (broad SMARTS) is 1. The van der Waals surface area contributed by atoms with E-state index < -0.39 is 34.5 Å². The number of carbonyl (C=O) groups is 2. The Hall–Kier alpha value is -3.64. The van der Waals surface area contributed by atoms with Crippen molar-refractivity contribution in [3.8, 4) is 0 Å². The maximum Gasteiger partial charge on any atom is 0.323 e. The zero-order valence-corrected chi connectivity index (χ0v) is 20.8. The Labute approximate surface area is 209 Å². The summed E-state index contributed by atoms with van der Waals surface area (Å²) in [6.45, 7) is 1.77. The van der Waals surface area contributed by atoms with Crippen molar-refractivity contribution in [3.05, 3.63) is 42.5 Å². The highest BCUT2D eigenvalue weighted by atomic mass is 32.2. The summed E-state index contributed by atoms with van der Waals surface area (Å²) in [4.78, 5) is 29.7. The lowest BCUT2D eigenvalue weighted by atomic mass is 10.1. The molecule has 1 atom stereocenters. The average Bonchev–Trinajstić information content (AvgIpc) is 3.20. The molecule has 12 heteroatoms. The Morgan fingerprint density at radius 3 is 2.53 bits per heavy atom. The number of rotatable bonds is 13. The zero-order chi connectivity index (χ0) is 26.3. The minimum Gasteiger partial charge on any atom is -0.480 e. The number of benzene rings is 2. The molecule has 6 N–H and O–H groups in total. The number of unbranched alkanes of at least 4 members (excludes halogenated alkanes) is 1. The first-order valence-corrected chi connectivity index (χ1v) is 13.1. The fourth-order valence-corrected chi connectivity index (χ4v) is 5.11. The largest absolute Gasteiger partial charge is 0.480 e. The van der Waals surface area contributed by atoms with E-state index in [0.717, 1.165) is 16.7 Å². The number of carboxylic acids is 1. The third-order valence-corrected chi connectivity index (χ3v) is 7.09. The summed E-state index contributed by atoms with van der Waals surface area (Å²) in [6, 6.07) is 10.5. The van der Waals surface area contributed by atoms with E-state index >= 15 is 0 Å². The molecule has 0 bridgehead atoms. The van der Waals surface area contributed by atoms with Gasteiger partial charge in [-0.3, -0.25) is 14.6 Å². The van der Waals surface area contributed by atoms with Gasteiger partial charge in [-0.2, -0.15) is 4.72 Å². The maximum absolute atomic E-state index is 13.4. The number of guanidine groups is 1. The molecule has 36 heavy (non-hydrogen) atoms. The van der Waals surface area contributed by atoms with Crippen LogP contribution in [-0.2, 0) is 19.6 Å². The fourth-order valence-electron chi connectivity index (χ4n) is 3.86. The minimum atomic E-state index is -4.15. The smallest absolute Gasteiger partial charge is 0.323 e. The predicted octanol–water partition coefficient (Wildman–Crippen LogP) is 2.00. The van der Waals surface area contributed by atoms with Crippen LogP contribution in [0.4, 0.5) is 0 Å². The van der Waals surface area contributed by atoms with Gasteiger partial charge in [0.15, 0.2) is 5.96 Å². The SMILES string of the molecule is CCCCN(CC(=O)O)C(=O)C(CCCN=C(N)N)NS(=O)(=O)c1ccc2oc3ccccc3c2c1. The third kappa shape index (κ3) is 6.73. The molecule has 3 rings (SSSR count). The molecule has 0 fully saturated rings. The first kappa shape index (κ1) is 27.0. The molecule has 2 aromatic carbocycles. The second kappa shape index (κ2) is 11.9. The lowest BCUT2D eigenvalue weighted by Crippen LogP contribution is -2.50. The van der Waals surface area contributed by atoms with Gasteiger partial charge in [-0.25, -0.2) is 8.42 Å². The van der Waals surface area contributed by atoms with E-state index in [2.05, 4.69) is 9.71 Å². The number of nitrogens with zero attached hydrogens (tertiary/aromatic N) is 2. The van der Waals surface area contributed by atoms with Crippen LogP contribution in [0.3, 0.4) is 0 Å². The first-order valence-electron chi connectivity index (χ1n) is 11.6. The second-order valence-electron chi connectivity index (χ2n) is 8.39. The summed E-state index contributed by atoms with van der Waals surface area (Å²) in [5.74, 6) is -1.91. The van der Waals surface area contributed by atoms with E-state index in [1.54, 1.807) is 12.1 Å². The fraction of sp³-hybridized carbons (Fsp3) is 0.375. The van der Waals surface area contributed by atoms with Gasteiger partial charge in [0, 0.05) is 23.9 Å². The molecule has 0 aliphatic carbocycles. The van der Waals surface area contributed by atoms with Gasteiger partial charge >= 0.3 is 5.97 Å². The summed E-state index contributed by atoms with van der Waals surface area (Å²) >= 11 is 0. The molecule has 0 radical (unpaired) electrons. The van der Waals surface area contributed by atoms with Crippen molar-refractivity contribution >= 4 is 49.8 Å². The number of para-hydroxylation sites is 1. The Bertz CT molecular complexity index is 1360. The van der Waals surface area contributed by atoms with E-state index in [0.29, 0.717) is 29.4 Å². The van der Waals surface area contributed by atoms with Crippen molar-refractivity contribution in [2.24, 2.45) is 16.5 Å². The molecule has 11 nitrogen and oxygen atoms in total. The summed E-state index contributed by atoms with van der Waals surface area (Å²) in [6.07, 6.45) is 1.70. The van der Waals surface area contributed by atoms with Crippen molar-refractivity contribution in [3.63, 3.8) is 0 Å². The van der Waals surface area contributed by atoms with Crippen LogP contribution >= 0.6 is 0 Å². The van der Waals surface area contributed by atoms with Crippen LogP contribution < -0.4 is 16.2 Å². The molecule has 1 aromatic heterocycles. The molecule has 0 saturated heterocycles. The number of hydrogen-bond acceptors (Lipinski definition) is 6. The lowest BCUT2D eigenvalue weighted by Gasteiger charge is -2.26. The van der Waals surface area contributed by atoms with Crippen LogP contribution in [0, 0.1) is 0 Å². The van der Waals surface area contributed by atoms with Crippen LogP contribution in [0.5, 0.6) is 0 Å². The van der Waals surface area contributed by atoms with Gasteiger partial charge in [0.05, 0.1) is 4.90 Å². The Kier molecular flexibility index (Phi) is 8.88. The van der Waals surface area contributed by atoms with Gasteiger partial charge in [0.2, 0.25) is 15.9 Å². The molecule has 0 spiro atoms. The molecule has 0 aliphatic rings. The number of furan rings is 1. The van der Waals surface area contributed by atoms with E-state index in [1.807, 2.05) is 25.1 Å². The van der Waals surface area contributed by atoms with E-state index in [9.17, 15) is 23.1 Å². The molecular weight excluding hydrogens is 486 g/mol. The zero-order valence-electron chi connectivity index (χ0n) is 20.0. The number of aliphatic carboxylic acids is 1. The van der Waals surface area contributed by atoms with Gasteiger partial charge in [0.25, 0.3) is 0 Å². The van der Waals surface area contributed by atoms with Gasteiger partial charge in [0.1, 0.15) is 23.8 Å². The van der Waals surface area contributed by atoms with Crippen molar-refractivity contribution in [2.45, 2.75) is 43.5 Å². The molecule has 3 aromatic rings. The molecule has 0 aliphatic heterocycles. The van der Waals surface area contributed by atoms with E-state index in [-0.39, 0.29) is 30.4 Å². The number of amides is 1. The Morgan fingerprint density at radius 2 is 1.83 bits per heavy atom. The molecule has 1 amide bonds. The van der Waals surface area contributed by atoms with Crippen molar-refractivity contribution in [2.75, 3.05) is 19.6 Å². The normalized spacial score (nSPS) is 12.5. The quantitative estimate of drug-likeness (QED) is 0.151.